The molecule has 0 amide bonds. The van der Waals surface area contributed by atoms with Crippen LogP contribution in [0.1, 0.15) is 44.5 Å². The molecular formula is C71H49N3. The Labute approximate surface area is 432 Å². The van der Waals surface area contributed by atoms with E-state index in [9.17, 15) is 0 Å². The fraction of sp³-hybridized carbons (Fsp3) is 0.0282. The van der Waals surface area contributed by atoms with Gasteiger partial charge in [-0.3, -0.25) is 4.98 Å². The molecule has 0 aliphatic carbocycles. The minimum atomic E-state index is -0.674. The maximum Gasteiger partial charge on any atom is 0.0742 e. The SMILES string of the molecule is c1ccc(C2(c3ccccc3)c3ccccc3N(c3ccc(-c4ccccn4)cc3)c3ccc(-c4ccc5c(c4)C(c4ccccc4)(c4ccccc4)c4ccccc4N5c4ccc5ccccc5c4)cc32)cc1. The van der Waals surface area contributed by atoms with Crippen molar-refractivity contribution in [3.63, 3.8) is 0 Å². The largest absolute Gasteiger partial charge is 0.310 e. The summed E-state index contributed by atoms with van der Waals surface area (Å²) in [7, 11) is 0. The molecule has 348 valence electrons. The maximum atomic E-state index is 4.68. The van der Waals surface area contributed by atoms with Crippen LogP contribution in [0.25, 0.3) is 33.2 Å². The summed E-state index contributed by atoms with van der Waals surface area (Å²) in [5.41, 5.74) is 19.5. The first-order valence-electron chi connectivity index (χ1n) is 25.5. The maximum absolute atomic E-state index is 4.68. The highest BCUT2D eigenvalue weighted by Crippen LogP contribution is 2.61. The van der Waals surface area contributed by atoms with Crippen molar-refractivity contribution < 1.29 is 0 Å². The fourth-order valence-corrected chi connectivity index (χ4v) is 12.5. The molecule has 0 fully saturated rings. The molecule has 2 aliphatic rings. The Balaban J connectivity index is 1.05. The van der Waals surface area contributed by atoms with Gasteiger partial charge in [-0.1, -0.05) is 218 Å². The van der Waals surface area contributed by atoms with Crippen molar-refractivity contribution in [3.8, 4) is 22.4 Å². The van der Waals surface area contributed by atoms with Crippen LogP contribution < -0.4 is 9.80 Å². The normalized spacial score (nSPS) is 13.8. The lowest BCUT2D eigenvalue weighted by atomic mass is 9.61. The van der Waals surface area contributed by atoms with Gasteiger partial charge in [0.25, 0.3) is 0 Å². The Morgan fingerprint density at radius 3 is 1.14 bits per heavy atom. The highest BCUT2D eigenvalue weighted by Gasteiger charge is 2.48. The van der Waals surface area contributed by atoms with Crippen molar-refractivity contribution in [2.75, 3.05) is 9.80 Å². The lowest BCUT2D eigenvalue weighted by Gasteiger charge is -2.47. The molecule has 0 bridgehead atoms. The van der Waals surface area contributed by atoms with E-state index in [1.54, 1.807) is 0 Å². The molecule has 3 heteroatoms. The first-order chi connectivity index (χ1) is 36.7. The average Bonchev–Trinajstić information content (AvgIpc) is 3.49. The van der Waals surface area contributed by atoms with Crippen molar-refractivity contribution in [1.29, 1.82) is 0 Å². The van der Waals surface area contributed by atoms with E-state index in [0.717, 1.165) is 56.5 Å². The fourth-order valence-electron chi connectivity index (χ4n) is 12.5. The van der Waals surface area contributed by atoms with E-state index in [2.05, 4.69) is 294 Å². The molecule has 1 aromatic heterocycles. The number of anilines is 6. The van der Waals surface area contributed by atoms with Crippen LogP contribution in [-0.4, -0.2) is 4.98 Å². The standard InChI is InChI=1S/C71H49N3/c1-5-23-55(24-6-1)70(56-25-7-2-8-26-56)61-31-15-17-34-66(61)73(59-41-37-51(38-42-59)65-33-19-20-46-72-65)68-44-39-53(48-63(68)70)54-40-45-69-64(49-54)71(57-27-9-3-10-28-57,58-29-11-4-12-30-58)62-32-16-18-35-67(62)74(69)60-43-36-50-21-13-14-22-52(50)47-60/h1-49H. The van der Waals surface area contributed by atoms with Crippen LogP contribution in [0.4, 0.5) is 34.1 Å². The molecule has 12 aromatic rings. The second kappa shape index (κ2) is 17.6. The number of pyridine rings is 1. The van der Waals surface area contributed by atoms with E-state index in [1.165, 1.54) is 55.3 Å². The van der Waals surface area contributed by atoms with Gasteiger partial charge < -0.3 is 9.80 Å². The van der Waals surface area contributed by atoms with Gasteiger partial charge in [0.15, 0.2) is 0 Å². The summed E-state index contributed by atoms with van der Waals surface area (Å²) in [5, 5.41) is 2.43. The van der Waals surface area contributed by atoms with Crippen molar-refractivity contribution >= 4 is 44.9 Å². The lowest BCUT2D eigenvalue weighted by Crippen LogP contribution is -2.38. The van der Waals surface area contributed by atoms with E-state index in [4.69, 9.17) is 0 Å². The van der Waals surface area contributed by atoms with Gasteiger partial charge in [-0.25, -0.2) is 0 Å². The van der Waals surface area contributed by atoms with Crippen LogP contribution in [-0.2, 0) is 10.8 Å². The van der Waals surface area contributed by atoms with E-state index in [0.29, 0.717) is 0 Å². The predicted molar refractivity (Wildman–Crippen MR) is 306 cm³/mol. The third kappa shape index (κ3) is 6.64. The summed E-state index contributed by atoms with van der Waals surface area (Å²) in [6.45, 7) is 0. The number of para-hydroxylation sites is 2. The van der Waals surface area contributed by atoms with Crippen molar-refractivity contribution in [1.82, 2.24) is 4.98 Å². The van der Waals surface area contributed by atoms with Crippen LogP contribution in [0, 0.1) is 0 Å². The number of rotatable bonds is 8. The molecule has 0 unspecified atom stereocenters. The number of aromatic nitrogens is 1. The topological polar surface area (TPSA) is 19.4 Å². The van der Waals surface area contributed by atoms with Gasteiger partial charge in [-0.15, -0.1) is 0 Å². The summed E-state index contributed by atoms with van der Waals surface area (Å²) in [6, 6.07) is 107. The highest BCUT2D eigenvalue weighted by atomic mass is 15.2. The molecule has 3 nitrogen and oxygen atoms in total. The van der Waals surface area contributed by atoms with E-state index in [1.807, 2.05) is 18.3 Å². The van der Waals surface area contributed by atoms with E-state index < -0.39 is 10.8 Å². The lowest BCUT2D eigenvalue weighted by molar-refractivity contribution is 0.730. The summed E-state index contributed by atoms with van der Waals surface area (Å²) >= 11 is 0. The quantitative estimate of drug-likeness (QED) is 0.151. The van der Waals surface area contributed by atoms with Crippen molar-refractivity contribution in [3.05, 3.63) is 342 Å². The van der Waals surface area contributed by atoms with E-state index in [-0.39, 0.29) is 0 Å². The van der Waals surface area contributed by atoms with Gasteiger partial charge in [-0.2, -0.15) is 0 Å². The summed E-state index contributed by atoms with van der Waals surface area (Å²) < 4.78 is 0. The van der Waals surface area contributed by atoms with Crippen LogP contribution >= 0.6 is 0 Å². The molecule has 74 heavy (non-hydrogen) atoms. The molecule has 0 saturated heterocycles. The zero-order chi connectivity index (χ0) is 49.1. The summed E-state index contributed by atoms with van der Waals surface area (Å²) in [5.74, 6) is 0. The molecule has 0 spiro atoms. The Kier molecular flexibility index (Phi) is 10.3. The van der Waals surface area contributed by atoms with Crippen LogP contribution in [0.2, 0.25) is 0 Å². The number of benzene rings is 11. The molecule has 0 N–H and O–H groups in total. The van der Waals surface area contributed by atoms with Gasteiger partial charge >= 0.3 is 0 Å². The molecule has 11 aromatic carbocycles. The summed E-state index contributed by atoms with van der Waals surface area (Å²) in [6.07, 6.45) is 1.86. The minimum Gasteiger partial charge on any atom is -0.310 e. The molecule has 0 saturated carbocycles. The number of nitrogens with zero attached hydrogens (tertiary/aromatic N) is 3. The zero-order valence-corrected chi connectivity index (χ0v) is 40.6. The van der Waals surface area contributed by atoms with Gasteiger partial charge in [0.2, 0.25) is 0 Å². The Bertz CT molecular complexity index is 3930. The zero-order valence-electron chi connectivity index (χ0n) is 40.6. The van der Waals surface area contributed by atoms with Crippen LogP contribution in [0.3, 0.4) is 0 Å². The first-order valence-corrected chi connectivity index (χ1v) is 25.5. The molecule has 2 aliphatic heterocycles. The Hall–Kier alpha value is -9.57. The highest BCUT2D eigenvalue weighted by molar-refractivity contribution is 5.96. The molecule has 0 atom stereocenters. The second-order valence-electron chi connectivity index (χ2n) is 19.4. The first kappa shape index (κ1) is 43.2. The van der Waals surface area contributed by atoms with Crippen LogP contribution in [0.5, 0.6) is 0 Å². The molecule has 0 radical (unpaired) electrons. The summed E-state index contributed by atoms with van der Waals surface area (Å²) in [4.78, 5) is 9.63. The molecular weight excluding hydrogens is 895 g/mol. The van der Waals surface area contributed by atoms with Gasteiger partial charge in [0.1, 0.15) is 0 Å². The van der Waals surface area contributed by atoms with Crippen molar-refractivity contribution in [2.45, 2.75) is 10.8 Å². The average molecular weight is 944 g/mol. The number of hydrogen-bond acceptors (Lipinski definition) is 3. The smallest absolute Gasteiger partial charge is 0.0742 e. The number of fused-ring (bicyclic) bond motifs is 5. The third-order valence-corrected chi connectivity index (χ3v) is 15.6. The van der Waals surface area contributed by atoms with Crippen LogP contribution in [0.15, 0.2) is 297 Å². The number of hydrogen-bond donors (Lipinski definition) is 0. The van der Waals surface area contributed by atoms with Crippen molar-refractivity contribution in [2.24, 2.45) is 0 Å². The molecule has 14 rings (SSSR count). The Morgan fingerprint density at radius 2 is 0.649 bits per heavy atom. The minimum absolute atomic E-state index is 0.666. The Morgan fingerprint density at radius 1 is 0.257 bits per heavy atom. The predicted octanol–water partition coefficient (Wildman–Crippen LogP) is 17.9. The van der Waals surface area contributed by atoms with Gasteiger partial charge in [0, 0.05) is 23.1 Å². The third-order valence-electron chi connectivity index (χ3n) is 15.6. The second-order valence-corrected chi connectivity index (χ2v) is 19.4. The van der Waals surface area contributed by atoms with Gasteiger partial charge in [-0.05, 0) is 139 Å². The molecule has 3 heterocycles. The van der Waals surface area contributed by atoms with E-state index >= 15 is 0 Å². The monoisotopic (exact) mass is 943 g/mol. The van der Waals surface area contributed by atoms with Gasteiger partial charge in [0.05, 0.1) is 39.3 Å².